The molecule has 174 valence electrons. The molecule has 1 saturated heterocycles. The third-order valence-corrected chi connectivity index (χ3v) is 7.86. The number of benzene rings is 1. The third-order valence-electron chi connectivity index (χ3n) is 5.80. The van der Waals surface area contributed by atoms with Crippen LogP contribution in [0.3, 0.4) is 0 Å². The van der Waals surface area contributed by atoms with Crippen LogP contribution in [-0.4, -0.2) is 36.9 Å². The van der Waals surface area contributed by atoms with Crippen LogP contribution in [0.5, 0.6) is 0 Å². The summed E-state index contributed by atoms with van der Waals surface area (Å²) in [6.07, 6.45) is 6.48. The van der Waals surface area contributed by atoms with Crippen molar-refractivity contribution in [1.82, 2.24) is 9.46 Å². The van der Waals surface area contributed by atoms with Gasteiger partial charge in [-0.05, 0) is 68.2 Å². The number of hydrogen-bond acceptors (Lipinski definition) is 6. The monoisotopic (exact) mass is 469 g/mol. The van der Waals surface area contributed by atoms with E-state index in [9.17, 15) is 13.2 Å². The Morgan fingerprint density at radius 1 is 1.21 bits per heavy atom. The van der Waals surface area contributed by atoms with E-state index in [-0.39, 0.29) is 35.6 Å². The highest BCUT2D eigenvalue weighted by Gasteiger charge is 2.36. The molecule has 1 aliphatic rings. The Bertz CT molecular complexity index is 1240. The molecular formula is C24H27N3O5S. The molecule has 0 aliphatic carbocycles. The Hall–Kier alpha value is -3.17. The van der Waals surface area contributed by atoms with Gasteiger partial charge in [0.15, 0.2) is 10.7 Å². The Labute approximate surface area is 193 Å². The number of hydrogen-bond donors (Lipinski definition) is 1. The van der Waals surface area contributed by atoms with Crippen LogP contribution >= 0.6 is 0 Å². The van der Waals surface area contributed by atoms with E-state index in [1.165, 1.54) is 16.6 Å². The van der Waals surface area contributed by atoms with Crippen molar-refractivity contribution < 1.29 is 22.2 Å². The molecule has 3 aromatic rings. The summed E-state index contributed by atoms with van der Waals surface area (Å²) >= 11 is 0. The zero-order valence-corrected chi connectivity index (χ0v) is 19.5. The van der Waals surface area contributed by atoms with Gasteiger partial charge in [0.05, 0.1) is 6.26 Å². The molecule has 1 fully saturated rings. The summed E-state index contributed by atoms with van der Waals surface area (Å²) in [5, 5.41) is 6.82. The SMILES string of the molecule is CCc1cccc(NC(=O)C2CCN(S(=O)(=O)c3c(C)noc3/C=C/c3ccco3)CC2)c1. The molecule has 1 N–H and O–H groups in total. The summed E-state index contributed by atoms with van der Waals surface area (Å²) in [6.45, 7) is 4.17. The minimum Gasteiger partial charge on any atom is -0.465 e. The van der Waals surface area contributed by atoms with Crippen LogP contribution in [0.2, 0.25) is 0 Å². The molecule has 0 unspecified atom stereocenters. The van der Waals surface area contributed by atoms with E-state index in [2.05, 4.69) is 17.4 Å². The van der Waals surface area contributed by atoms with Gasteiger partial charge in [0.25, 0.3) is 0 Å². The molecule has 33 heavy (non-hydrogen) atoms. The van der Waals surface area contributed by atoms with Gasteiger partial charge < -0.3 is 14.3 Å². The van der Waals surface area contributed by atoms with Gasteiger partial charge in [-0.25, -0.2) is 8.42 Å². The Kier molecular flexibility index (Phi) is 6.80. The maximum Gasteiger partial charge on any atom is 0.248 e. The van der Waals surface area contributed by atoms with Crippen molar-refractivity contribution in [2.45, 2.75) is 38.0 Å². The Balaban J connectivity index is 1.43. The van der Waals surface area contributed by atoms with E-state index in [4.69, 9.17) is 8.94 Å². The van der Waals surface area contributed by atoms with Crippen molar-refractivity contribution in [3.8, 4) is 0 Å². The van der Waals surface area contributed by atoms with Gasteiger partial charge in [-0.3, -0.25) is 4.79 Å². The molecule has 1 amide bonds. The topological polar surface area (TPSA) is 106 Å². The van der Waals surface area contributed by atoms with E-state index in [1.54, 1.807) is 25.1 Å². The Morgan fingerprint density at radius 3 is 2.70 bits per heavy atom. The van der Waals surface area contributed by atoms with Gasteiger partial charge in [0.2, 0.25) is 15.9 Å². The number of carbonyl (C=O) groups is 1. The minimum absolute atomic E-state index is 0.0459. The molecule has 4 rings (SSSR count). The number of aromatic nitrogens is 1. The second-order valence-electron chi connectivity index (χ2n) is 8.03. The van der Waals surface area contributed by atoms with Gasteiger partial charge in [-0.15, -0.1) is 0 Å². The second kappa shape index (κ2) is 9.76. The smallest absolute Gasteiger partial charge is 0.248 e. The summed E-state index contributed by atoms with van der Waals surface area (Å²) < 4.78 is 38.6. The first-order valence-electron chi connectivity index (χ1n) is 11.0. The molecule has 1 aromatic carbocycles. The number of piperidine rings is 1. The molecule has 3 heterocycles. The van der Waals surface area contributed by atoms with Crippen LogP contribution in [0.25, 0.3) is 12.2 Å². The van der Waals surface area contributed by atoms with Crippen LogP contribution in [0, 0.1) is 12.8 Å². The Morgan fingerprint density at radius 2 is 2.00 bits per heavy atom. The highest BCUT2D eigenvalue weighted by molar-refractivity contribution is 7.89. The van der Waals surface area contributed by atoms with E-state index < -0.39 is 10.0 Å². The van der Waals surface area contributed by atoms with Crippen molar-refractivity contribution in [3.05, 3.63) is 65.4 Å². The third kappa shape index (κ3) is 5.09. The number of amides is 1. The average molecular weight is 470 g/mol. The van der Waals surface area contributed by atoms with E-state index in [1.807, 2.05) is 24.3 Å². The number of aryl methyl sites for hydroxylation is 2. The molecular weight excluding hydrogens is 442 g/mol. The molecule has 0 bridgehead atoms. The molecule has 0 spiro atoms. The number of nitrogens with zero attached hydrogens (tertiary/aromatic N) is 2. The zero-order valence-electron chi connectivity index (χ0n) is 18.7. The molecule has 0 atom stereocenters. The molecule has 2 aromatic heterocycles. The van der Waals surface area contributed by atoms with Gasteiger partial charge in [0.1, 0.15) is 11.5 Å². The highest BCUT2D eigenvalue weighted by Crippen LogP contribution is 2.29. The summed E-state index contributed by atoms with van der Waals surface area (Å²) in [5.74, 6) is 0.399. The number of anilines is 1. The second-order valence-corrected chi connectivity index (χ2v) is 9.91. The van der Waals surface area contributed by atoms with E-state index >= 15 is 0 Å². The lowest BCUT2D eigenvalue weighted by Gasteiger charge is -2.30. The van der Waals surface area contributed by atoms with Crippen LogP contribution in [0.15, 0.2) is 56.5 Å². The highest BCUT2D eigenvalue weighted by atomic mass is 32.2. The molecule has 0 saturated carbocycles. The summed E-state index contributed by atoms with van der Waals surface area (Å²) in [5.41, 5.74) is 2.21. The van der Waals surface area contributed by atoms with Crippen LogP contribution < -0.4 is 5.32 Å². The van der Waals surface area contributed by atoms with Crippen molar-refractivity contribution in [2.75, 3.05) is 18.4 Å². The largest absolute Gasteiger partial charge is 0.465 e. The normalized spacial score (nSPS) is 15.8. The fourth-order valence-electron chi connectivity index (χ4n) is 3.94. The maximum atomic E-state index is 13.4. The van der Waals surface area contributed by atoms with E-state index in [0.29, 0.717) is 24.3 Å². The predicted molar refractivity (Wildman–Crippen MR) is 125 cm³/mol. The number of furan rings is 1. The van der Waals surface area contributed by atoms with E-state index in [0.717, 1.165) is 17.7 Å². The van der Waals surface area contributed by atoms with Crippen molar-refractivity contribution in [2.24, 2.45) is 5.92 Å². The van der Waals surface area contributed by atoms with Gasteiger partial charge in [0, 0.05) is 24.7 Å². The average Bonchev–Trinajstić information content (AvgIpc) is 3.47. The van der Waals surface area contributed by atoms with Crippen molar-refractivity contribution in [3.63, 3.8) is 0 Å². The first-order chi connectivity index (χ1) is 15.9. The number of nitrogens with one attached hydrogen (secondary N) is 1. The number of carbonyl (C=O) groups excluding carboxylic acids is 1. The lowest BCUT2D eigenvalue weighted by molar-refractivity contribution is -0.120. The van der Waals surface area contributed by atoms with Crippen LogP contribution in [-0.2, 0) is 21.2 Å². The predicted octanol–water partition coefficient (Wildman–Crippen LogP) is 4.35. The molecule has 0 radical (unpaired) electrons. The first-order valence-corrected chi connectivity index (χ1v) is 12.4. The maximum absolute atomic E-state index is 13.4. The first kappa shape index (κ1) is 23.0. The van der Waals surface area contributed by atoms with Gasteiger partial charge >= 0.3 is 0 Å². The minimum atomic E-state index is -3.82. The fourth-order valence-corrected chi connectivity index (χ4v) is 5.66. The number of rotatable bonds is 7. The molecule has 1 aliphatic heterocycles. The summed E-state index contributed by atoms with van der Waals surface area (Å²) in [7, 11) is -3.82. The molecule has 8 nitrogen and oxygen atoms in total. The van der Waals surface area contributed by atoms with Crippen LogP contribution in [0.1, 0.15) is 42.5 Å². The summed E-state index contributed by atoms with van der Waals surface area (Å²) in [6, 6.07) is 11.3. The number of sulfonamides is 1. The lowest BCUT2D eigenvalue weighted by Crippen LogP contribution is -2.41. The standard InChI is InChI=1S/C24H27N3O5S/c1-3-18-6-4-7-20(16-18)25-24(28)19-11-13-27(14-12-19)33(29,30)23-17(2)26-32-22(23)10-9-21-8-5-15-31-21/h4-10,15-16,19H,3,11-14H2,1-2H3,(H,25,28)/b10-9+. The lowest BCUT2D eigenvalue weighted by atomic mass is 9.97. The quantitative estimate of drug-likeness (QED) is 0.552. The fraction of sp³-hybridized carbons (Fsp3) is 0.333. The van der Waals surface area contributed by atoms with Crippen molar-refractivity contribution in [1.29, 1.82) is 0 Å². The van der Waals surface area contributed by atoms with Crippen molar-refractivity contribution >= 4 is 33.8 Å². The van der Waals surface area contributed by atoms with Crippen LogP contribution in [0.4, 0.5) is 5.69 Å². The summed E-state index contributed by atoms with van der Waals surface area (Å²) in [4.78, 5) is 12.8. The van der Waals surface area contributed by atoms with Gasteiger partial charge in [-0.2, -0.15) is 4.31 Å². The molecule has 9 heteroatoms. The van der Waals surface area contributed by atoms with Gasteiger partial charge in [-0.1, -0.05) is 24.2 Å². The zero-order chi connectivity index (χ0) is 23.4.